The molecule has 5 rings (SSSR count). The lowest BCUT2D eigenvalue weighted by Crippen LogP contribution is -2.63. The van der Waals surface area contributed by atoms with Crippen molar-refractivity contribution >= 4 is 11.6 Å². The molecule has 5 aliphatic rings. The molecule has 33 heavy (non-hydrogen) atoms. The summed E-state index contributed by atoms with van der Waals surface area (Å²) in [4.78, 5) is 26.1. The first-order valence-corrected chi connectivity index (χ1v) is 13.6. The van der Waals surface area contributed by atoms with Crippen LogP contribution in [0.4, 0.5) is 0 Å². The molecule has 0 aliphatic heterocycles. The topological polar surface area (TPSA) is 34.1 Å². The van der Waals surface area contributed by atoms with Crippen molar-refractivity contribution < 1.29 is 9.59 Å². The summed E-state index contributed by atoms with van der Waals surface area (Å²) in [5, 5.41) is 0. The van der Waals surface area contributed by atoms with Gasteiger partial charge in [0.05, 0.1) is 5.41 Å². The van der Waals surface area contributed by atoms with Gasteiger partial charge in [-0.3, -0.25) is 9.59 Å². The van der Waals surface area contributed by atoms with E-state index in [2.05, 4.69) is 60.6 Å². The second kappa shape index (κ2) is 6.73. The van der Waals surface area contributed by atoms with E-state index in [0.29, 0.717) is 23.4 Å². The fourth-order valence-corrected chi connectivity index (χ4v) is 10.0. The van der Waals surface area contributed by atoms with Gasteiger partial charge < -0.3 is 0 Å². The number of fused-ring (bicyclic) bond motifs is 7. The fraction of sp³-hybridized carbons (Fsp3) is 0.806. The lowest BCUT2D eigenvalue weighted by molar-refractivity contribution is -0.178. The summed E-state index contributed by atoms with van der Waals surface area (Å²) < 4.78 is 0. The second-order valence-corrected chi connectivity index (χ2v) is 14.6. The van der Waals surface area contributed by atoms with Crippen molar-refractivity contribution in [2.45, 2.75) is 113 Å². The molecule has 0 radical (unpaired) electrons. The zero-order valence-electron chi connectivity index (χ0n) is 22.5. The second-order valence-electron chi connectivity index (χ2n) is 14.6. The molecule has 0 aromatic heterocycles. The number of ketones is 2. The smallest absolute Gasteiger partial charge is 0.140 e. The predicted molar refractivity (Wildman–Crippen MR) is 135 cm³/mol. The highest BCUT2D eigenvalue weighted by Gasteiger charge is 2.67. The number of allylic oxidation sites excluding steroid dienone is 4. The van der Waals surface area contributed by atoms with E-state index in [0.717, 1.165) is 51.4 Å². The van der Waals surface area contributed by atoms with Gasteiger partial charge in [-0.05, 0) is 103 Å². The molecule has 0 aromatic rings. The Hall–Kier alpha value is -1.18. The zero-order chi connectivity index (χ0) is 24.2. The molecule has 6 atom stereocenters. The van der Waals surface area contributed by atoms with Gasteiger partial charge in [-0.25, -0.2) is 0 Å². The zero-order valence-corrected chi connectivity index (χ0v) is 22.5. The van der Waals surface area contributed by atoms with Gasteiger partial charge >= 0.3 is 0 Å². The van der Waals surface area contributed by atoms with Crippen LogP contribution in [0.1, 0.15) is 113 Å². The first kappa shape index (κ1) is 23.6. The third kappa shape index (κ3) is 2.79. The average Bonchev–Trinajstić information content (AvgIpc) is 2.71. The Balaban J connectivity index is 1.65. The molecular formula is C31H46O2. The van der Waals surface area contributed by atoms with E-state index in [1.54, 1.807) is 0 Å². The van der Waals surface area contributed by atoms with Crippen molar-refractivity contribution in [3.63, 3.8) is 0 Å². The Kier molecular flexibility index (Phi) is 4.80. The highest BCUT2D eigenvalue weighted by molar-refractivity contribution is 5.88. The molecule has 2 nitrogen and oxygen atoms in total. The van der Waals surface area contributed by atoms with Crippen molar-refractivity contribution in [2.75, 3.05) is 0 Å². The van der Waals surface area contributed by atoms with Crippen LogP contribution in [-0.4, -0.2) is 11.6 Å². The van der Waals surface area contributed by atoms with E-state index in [1.165, 1.54) is 17.6 Å². The minimum atomic E-state index is -0.260. The van der Waals surface area contributed by atoms with Crippen LogP contribution in [-0.2, 0) is 9.59 Å². The van der Waals surface area contributed by atoms with Gasteiger partial charge in [0, 0.05) is 11.8 Å². The molecule has 0 N–H and O–H groups in total. The van der Waals surface area contributed by atoms with Crippen LogP contribution in [0.3, 0.4) is 0 Å². The van der Waals surface area contributed by atoms with E-state index in [1.807, 2.05) is 6.92 Å². The standard InChI is InChI=1S/C31H46O2/c1-20(32)31-17-15-26(2,3)19-22(31)21-9-10-24-28(6)13-12-25(33)27(4,5)23(28)11-14-30(24,8)29(21,7)16-18-31/h9,19,23-24H,10-18H2,1-8H3/t23?,24?,28-,29+,30+,31+/m0/s1. The number of carbonyl (C=O) groups is 2. The quantitative estimate of drug-likeness (QED) is 0.407. The molecule has 0 bridgehead atoms. The van der Waals surface area contributed by atoms with E-state index >= 15 is 0 Å². The monoisotopic (exact) mass is 450 g/mol. The lowest BCUT2D eigenvalue weighted by Gasteiger charge is -2.69. The van der Waals surface area contributed by atoms with Crippen LogP contribution >= 0.6 is 0 Å². The van der Waals surface area contributed by atoms with E-state index in [4.69, 9.17) is 0 Å². The summed E-state index contributed by atoms with van der Waals surface area (Å²) in [5.41, 5.74) is 3.14. The Morgan fingerprint density at radius 3 is 2.18 bits per heavy atom. The van der Waals surface area contributed by atoms with Crippen LogP contribution in [0.2, 0.25) is 0 Å². The van der Waals surface area contributed by atoms with Crippen molar-refractivity contribution in [1.29, 1.82) is 0 Å². The van der Waals surface area contributed by atoms with Gasteiger partial charge in [0.1, 0.15) is 11.6 Å². The molecular weight excluding hydrogens is 404 g/mol. The van der Waals surface area contributed by atoms with Crippen LogP contribution in [0.25, 0.3) is 0 Å². The Labute approximate surface area is 202 Å². The summed E-state index contributed by atoms with van der Waals surface area (Å²) in [7, 11) is 0. The first-order valence-electron chi connectivity index (χ1n) is 13.6. The van der Waals surface area contributed by atoms with E-state index < -0.39 is 0 Å². The van der Waals surface area contributed by atoms with E-state index in [-0.39, 0.29) is 32.5 Å². The maximum absolute atomic E-state index is 13.1. The fourth-order valence-electron chi connectivity index (χ4n) is 10.0. The molecule has 3 fully saturated rings. The normalized spacial score (nSPS) is 47.8. The Bertz CT molecular complexity index is 979. The summed E-state index contributed by atoms with van der Waals surface area (Å²) >= 11 is 0. The molecule has 0 heterocycles. The number of rotatable bonds is 1. The Morgan fingerprint density at radius 1 is 0.848 bits per heavy atom. The molecule has 0 amide bonds. The number of carbonyl (C=O) groups excluding carboxylic acids is 2. The molecule has 182 valence electrons. The molecule has 0 spiro atoms. The maximum Gasteiger partial charge on any atom is 0.140 e. The highest BCUT2D eigenvalue weighted by Crippen LogP contribution is 2.74. The summed E-state index contributed by atoms with van der Waals surface area (Å²) in [6, 6.07) is 0. The molecule has 3 saturated carbocycles. The van der Waals surface area contributed by atoms with Crippen LogP contribution in [0.5, 0.6) is 0 Å². The van der Waals surface area contributed by atoms with Gasteiger partial charge in [-0.2, -0.15) is 0 Å². The molecule has 0 saturated heterocycles. The maximum atomic E-state index is 13.1. The van der Waals surface area contributed by atoms with Crippen molar-refractivity contribution in [1.82, 2.24) is 0 Å². The molecule has 2 heteroatoms. The minimum Gasteiger partial charge on any atom is -0.299 e. The highest BCUT2D eigenvalue weighted by atomic mass is 16.1. The van der Waals surface area contributed by atoms with Crippen LogP contribution < -0.4 is 0 Å². The summed E-state index contributed by atoms with van der Waals surface area (Å²) in [6.07, 6.45) is 14.6. The largest absolute Gasteiger partial charge is 0.299 e. The summed E-state index contributed by atoms with van der Waals surface area (Å²) in [6.45, 7) is 18.6. The number of hydrogen-bond donors (Lipinski definition) is 0. The SMILES string of the molecule is CC(=O)[C@]12CCC(C)(C)C=C1C1=CCC3[C@@]4(C)CCC(=O)C(C)(C)C4CC[C@@]3(C)[C@]1(C)CC2. The average molecular weight is 451 g/mol. The first-order chi connectivity index (χ1) is 15.1. The minimum absolute atomic E-state index is 0.105. The summed E-state index contributed by atoms with van der Waals surface area (Å²) in [5.74, 6) is 1.94. The van der Waals surface area contributed by atoms with Crippen molar-refractivity contribution in [3.8, 4) is 0 Å². The van der Waals surface area contributed by atoms with Crippen LogP contribution in [0.15, 0.2) is 23.3 Å². The van der Waals surface area contributed by atoms with Crippen molar-refractivity contribution in [3.05, 3.63) is 23.3 Å². The van der Waals surface area contributed by atoms with E-state index in [9.17, 15) is 9.59 Å². The lowest BCUT2D eigenvalue weighted by atomic mass is 9.34. The molecule has 2 unspecified atom stereocenters. The molecule has 5 aliphatic carbocycles. The molecule has 0 aromatic carbocycles. The third-order valence-electron chi connectivity index (χ3n) is 12.5. The van der Waals surface area contributed by atoms with Crippen LogP contribution in [0, 0.1) is 44.3 Å². The van der Waals surface area contributed by atoms with Gasteiger partial charge in [0.15, 0.2) is 0 Å². The van der Waals surface area contributed by atoms with Gasteiger partial charge in [0.25, 0.3) is 0 Å². The van der Waals surface area contributed by atoms with Gasteiger partial charge in [-0.1, -0.05) is 60.6 Å². The van der Waals surface area contributed by atoms with Gasteiger partial charge in [0.2, 0.25) is 0 Å². The van der Waals surface area contributed by atoms with Gasteiger partial charge in [-0.15, -0.1) is 0 Å². The third-order valence-corrected chi connectivity index (χ3v) is 12.5. The number of Topliss-reactive ketones (excluding diaryl/α,β-unsaturated/α-hetero) is 2. The predicted octanol–water partition coefficient (Wildman–Crippen LogP) is 7.87. The van der Waals surface area contributed by atoms with Crippen molar-refractivity contribution in [2.24, 2.45) is 44.3 Å². The Morgan fingerprint density at radius 2 is 1.52 bits per heavy atom. The number of hydrogen-bond acceptors (Lipinski definition) is 2.